The lowest BCUT2D eigenvalue weighted by Crippen LogP contribution is -1.95. The van der Waals surface area contributed by atoms with Crippen molar-refractivity contribution in [2.75, 3.05) is 0 Å². The standard InChI is InChI=1S/C60H38N4/c1-5-21-46-37(13-1)17-9-25-50(46)54-35-45-34-43-30-29-41(61-43)33-42-31-32-44(62-42)36-55-56(51-26-10-18-38-14-2-6-22-47(38)51)57(52-27-11-19-39-15-3-7-23-48(39)52)60(64-55)58(59(54)63-45)53-28-12-20-40-16-4-8-24-49(40)53/h1-36,61,64H. The molecule has 0 radical (unpaired) electrons. The smallest absolute Gasteiger partial charge is 0.0815 e. The van der Waals surface area contributed by atoms with Crippen molar-refractivity contribution >= 4 is 89.0 Å². The van der Waals surface area contributed by atoms with Crippen LogP contribution in [0, 0.1) is 0 Å². The highest BCUT2D eigenvalue weighted by Crippen LogP contribution is 2.49. The molecule has 8 bridgehead atoms. The molecule has 0 amide bonds. The van der Waals surface area contributed by atoms with E-state index in [4.69, 9.17) is 9.97 Å². The number of hydrogen-bond acceptors (Lipinski definition) is 2. The Kier molecular flexibility index (Phi) is 8.18. The lowest BCUT2D eigenvalue weighted by Gasteiger charge is -2.16. The highest BCUT2D eigenvalue weighted by atomic mass is 14.8. The van der Waals surface area contributed by atoms with Gasteiger partial charge in [0.05, 0.1) is 28.3 Å². The third-order valence-electron chi connectivity index (χ3n) is 12.9. The summed E-state index contributed by atoms with van der Waals surface area (Å²) in [5.41, 5.74) is 16.2. The molecule has 64 heavy (non-hydrogen) atoms. The molecule has 298 valence electrons. The van der Waals surface area contributed by atoms with Crippen LogP contribution in [0.2, 0.25) is 0 Å². The molecule has 0 unspecified atom stereocenters. The molecule has 4 nitrogen and oxygen atoms in total. The second kappa shape index (κ2) is 14.5. The first-order chi connectivity index (χ1) is 31.7. The molecule has 2 aliphatic rings. The van der Waals surface area contributed by atoms with Gasteiger partial charge in [-0.05, 0) is 114 Å². The minimum absolute atomic E-state index is 0.865. The fraction of sp³-hybridized carbons (Fsp3) is 0. The summed E-state index contributed by atoms with van der Waals surface area (Å²) >= 11 is 0. The normalized spacial score (nSPS) is 12.4. The molecule has 0 saturated carbocycles. The van der Waals surface area contributed by atoms with Gasteiger partial charge < -0.3 is 9.97 Å². The van der Waals surface area contributed by atoms with Gasteiger partial charge in [0.2, 0.25) is 0 Å². The molecule has 0 fully saturated rings. The van der Waals surface area contributed by atoms with E-state index >= 15 is 0 Å². The van der Waals surface area contributed by atoms with E-state index < -0.39 is 0 Å². The molecule has 0 atom stereocenters. The summed E-state index contributed by atoms with van der Waals surface area (Å²) in [6.07, 6.45) is 6.48. The minimum atomic E-state index is 0.865. The van der Waals surface area contributed by atoms with Crippen LogP contribution in [0.5, 0.6) is 0 Å². The first-order valence-corrected chi connectivity index (χ1v) is 21.8. The number of nitrogens with zero attached hydrogens (tertiary/aromatic N) is 2. The molecule has 3 aromatic heterocycles. The van der Waals surface area contributed by atoms with Gasteiger partial charge in [-0.15, -0.1) is 0 Å². The van der Waals surface area contributed by atoms with Gasteiger partial charge in [-0.1, -0.05) is 170 Å². The molecular formula is C60H38N4. The van der Waals surface area contributed by atoms with Crippen LogP contribution < -0.4 is 0 Å². The fourth-order valence-corrected chi connectivity index (χ4v) is 10.1. The molecule has 4 heteroatoms. The molecule has 0 saturated heterocycles. The molecule has 11 aromatic rings. The van der Waals surface area contributed by atoms with Gasteiger partial charge in [-0.25, -0.2) is 9.97 Å². The van der Waals surface area contributed by atoms with Gasteiger partial charge in [0.15, 0.2) is 0 Å². The average Bonchev–Trinajstić information content (AvgIpc) is 4.16. The maximum absolute atomic E-state index is 5.75. The number of hydrogen-bond donors (Lipinski definition) is 2. The Morgan fingerprint density at radius 2 is 0.766 bits per heavy atom. The lowest BCUT2D eigenvalue weighted by atomic mass is 9.86. The summed E-state index contributed by atoms with van der Waals surface area (Å²) in [6.45, 7) is 0. The van der Waals surface area contributed by atoms with Crippen LogP contribution in [0.25, 0.3) is 122 Å². The maximum atomic E-state index is 5.75. The summed E-state index contributed by atoms with van der Waals surface area (Å²) in [4.78, 5) is 18.8. The second-order valence-electron chi connectivity index (χ2n) is 16.7. The number of benzene rings is 8. The Morgan fingerprint density at radius 3 is 1.33 bits per heavy atom. The number of aromatic nitrogens is 4. The van der Waals surface area contributed by atoms with Crippen LogP contribution in [0.4, 0.5) is 0 Å². The van der Waals surface area contributed by atoms with Crippen molar-refractivity contribution in [3.05, 3.63) is 229 Å². The summed E-state index contributed by atoms with van der Waals surface area (Å²) in [6, 6.07) is 72.2. The van der Waals surface area contributed by atoms with E-state index in [0.29, 0.717) is 0 Å². The molecular weight excluding hydrogens is 777 g/mol. The van der Waals surface area contributed by atoms with Crippen LogP contribution in [0.1, 0.15) is 28.3 Å². The van der Waals surface area contributed by atoms with E-state index in [2.05, 4.69) is 228 Å². The topological polar surface area (TPSA) is 57.4 Å². The first-order valence-electron chi connectivity index (χ1n) is 21.8. The number of fused-ring (bicyclic) bond motifs is 12. The zero-order valence-corrected chi connectivity index (χ0v) is 34.7. The van der Waals surface area contributed by atoms with Crippen LogP contribution in [-0.2, 0) is 0 Å². The van der Waals surface area contributed by atoms with Crippen molar-refractivity contribution in [2.45, 2.75) is 0 Å². The SMILES string of the molecule is C1=Cc2cc3[nH]c(c(-c4cccc5ccccc45)c4nc(cc5ccc(cc1n2)[nH]5)C=C4c1cccc2ccccc12)c(-c1cccc2ccccc12)c3-c1cccc2ccccc12. The Balaban J connectivity index is 1.32. The Bertz CT molecular complexity index is 3950. The van der Waals surface area contributed by atoms with Crippen LogP contribution >= 0.6 is 0 Å². The lowest BCUT2D eigenvalue weighted by molar-refractivity contribution is 1.31. The van der Waals surface area contributed by atoms with Gasteiger partial charge in [0, 0.05) is 38.8 Å². The number of nitrogens with one attached hydrogen (secondary N) is 2. The predicted octanol–water partition coefficient (Wildman–Crippen LogP) is 15.7. The van der Waals surface area contributed by atoms with Crippen molar-refractivity contribution in [1.29, 1.82) is 0 Å². The van der Waals surface area contributed by atoms with Gasteiger partial charge in [-0.2, -0.15) is 0 Å². The summed E-state index contributed by atoms with van der Waals surface area (Å²) in [7, 11) is 0. The quantitative estimate of drug-likeness (QED) is 0.186. The third kappa shape index (κ3) is 5.92. The number of rotatable bonds is 4. The monoisotopic (exact) mass is 814 g/mol. The van der Waals surface area contributed by atoms with Crippen molar-refractivity contribution in [2.24, 2.45) is 0 Å². The van der Waals surface area contributed by atoms with Crippen LogP contribution in [0.3, 0.4) is 0 Å². The van der Waals surface area contributed by atoms with Crippen molar-refractivity contribution in [3.8, 4) is 33.4 Å². The Morgan fingerprint density at radius 1 is 0.328 bits per heavy atom. The molecule has 5 heterocycles. The van der Waals surface area contributed by atoms with E-state index in [1.165, 1.54) is 32.3 Å². The minimum Gasteiger partial charge on any atom is -0.355 e. The first kappa shape index (κ1) is 36.1. The largest absolute Gasteiger partial charge is 0.355 e. The van der Waals surface area contributed by atoms with Crippen LogP contribution in [0.15, 0.2) is 200 Å². The third-order valence-corrected chi connectivity index (χ3v) is 12.9. The molecule has 8 aromatic carbocycles. The van der Waals surface area contributed by atoms with Crippen molar-refractivity contribution in [1.82, 2.24) is 19.9 Å². The van der Waals surface area contributed by atoms with E-state index in [1.54, 1.807) is 0 Å². The fourth-order valence-electron chi connectivity index (χ4n) is 10.1. The summed E-state index contributed by atoms with van der Waals surface area (Å²) in [5.74, 6) is 0. The zero-order valence-electron chi connectivity index (χ0n) is 34.7. The van der Waals surface area contributed by atoms with Gasteiger partial charge in [0.25, 0.3) is 0 Å². The average molecular weight is 815 g/mol. The highest BCUT2D eigenvalue weighted by Gasteiger charge is 2.27. The van der Waals surface area contributed by atoms with E-state index in [-0.39, 0.29) is 0 Å². The van der Waals surface area contributed by atoms with Gasteiger partial charge in [0.1, 0.15) is 0 Å². The second-order valence-corrected chi connectivity index (χ2v) is 16.7. The summed E-state index contributed by atoms with van der Waals surface area (Å²) in [5, 5.41) is 9.37. The van der Waals surface area contributed by atoms with Crippen LogP contribution in [-0.4, -0.2) is 19.9 Å². The van der Waals surface area contributed by atoms with E-state index in [0.717, 1.165) is 100 Å². The molecule has 2 aliphatic heterocycles. The maximum Gasteiger partial charge on any atom is 0.0815 e. The zero-order chi connectivity index (χ0) is 42.1. The number of H-pyrrole nitrogens is 2. The molecule has 0 spiro atoms. The van der Waals surface area contributed by atoms with Crippen molar-refractivity contribution < 1.29 is 0 Å². The summed E-state index contributed by atoms with van der Waals surface area (Å²) < 4.78 is 0. The molecule has 13 rings (SSSR count). The Hall–Kier alpha value is -8.60. The van der Waals surface area contributed by atoms with Gasteiger partial charge >= 0.3 is 0 Å². The molecule has 2 N–H and O–H groups in total. The highest BCUT2D eigenvalue weighted by molar-refractivity contribution is 6.19. The molecule has 0 aliphatic carbocycles. The van der Waals surface area contributed by atoms with E-state index in [9.17, 15) is 0 Å². The van der Waals surface area contributed by atoms with Crippen molar-refractivity contribution in [3.63, 3.8) is 0 Å². The number of aromatic amines is 2. The van der Waals surface area contributed by atoms with Gasteiger partial charge in [-0.3, -0.25) is 0 Å². The Labute approximate surface area is 369 Å². The predicted molar refractivity (Wildman–Crippen MR) is 270 cm³/mol. The van der Waals surface area contributed by atoms with E-state index in [1.807, 2.05) is 0 Å².